The van der Waals surface area contributed by atoms with E-state index in [4.69, 9.17) is 5.11 Å². The number of phenolic OH excluding ortho intramolecular Hbond substituents is 1. The van der Waals surface area contributed by atoms with Gasteiger partial charge in [-0.05, 0) is 23.3 Å². The van der Waals surface area contributed by atoms with Crippen molar-refractivity contribution in [3.05, 3.63) is 61.0 Å². The summed E-state index contributed by atoms with van der Waals surface area (Å²) in [6, 6.07) is 14.0. The Morgan fingerprint density at radius 1 is 0.875 bits per heavy atom. The van der Waals surface area contributed by atoms with Crippen LogP contribution < -0.4 is 0 Å². The molecule has 1 N–H and O–H groups in total. The van der Waals surface area contributed by atoms with E-state index in [1.54, 1.807) is 24.3 Å². The second-order valence-electron chi connectivity index (χ2n) is 3.64. The van der Waals surface area contributed by atoms with E-state index in [1.165, 1.54) is 0 Å². The van der Waals surface area contributed by atoms with Crippen molar-refractivity contribution in [2.75, 3.05) is 0 Å². The molecule has 0 heterocycles. The van der Waals surface area contributed by atoms with Crippen molar-refractivity contribution >= 4 is 0 Å². The zero-order chi connectivity index (χ0) is 11.5. The third-order valence-corrected chi connectivity index (χ3v) is 2.47. The molecule has 0 fully saturated rings. The van der Waals surface area contributed by atoms with Crippen LogP contribution in [0.2, 0.25) is 0 Å². The zero-order valence-electron chi connectivity index (χ0n) is 8.73. The Morgan fingerprint density at radius 2 is 1.31 bits per heavy atom. The first kappa shape index (κ1) is 10.6. The first-order valence-corrected chi connectivity index (χ1v) is 5.03. The Hall–Kier alpha value is -1.96. The SMILES string of the molecule is [CH2+]C(F)c1ccc(-c2ccc(O)cc2)cc1. The molecule has 80 valence electrons. The van der Waals surface area contributed by atoms with Gasteiger partial charge in [-0.3, -0.25) is 0 Å². The lowest BCUT2D eigenvalue weighted by molar-refractivity contribution is 0.411. The van der Waals surface area contributed by atoms with E-state index in [0.717, 1.165) is 11.1 Å². The van der Waals surface area contributed by atoms with E-state index in [0.29, 0.717) is 5.56 Å². The van der Waals surface area contributed by atoms with Crippen molar-refractivity contribution < 1.29 is 9.50 Å². The van der Waals surface area contributed by atoms with Crippen molar-refractivity contribution in [1.29, 1.82) is 0 Å². The van der Waals surface area contributed by atoms with Gasteiger partial charge in [0.15, 0.2) is 0 Å². The van der Waals surface area contributed by atoms with Crippen LogP contribution >= 0.6 is 0 Å². The molecule has 0 amide bonds. The monoisotopic (exact) mass is 215 g/mol. The standard InChI is InChI=1S/C14H11FO/c1-10(15)11-2-4-12(5-3-11)13-6-8-14(16)9-7-13/h2-10H,1H2/p+1. The molecule has 2 rings (SSSR count). The third kappa shape index (κ3) is 2.16. The predicted octanol–water partition coefficient (Wildman–Crippen LogP) is 3.90. The zero-order valence-corrected chi connectivity index (χ0v) is 8.73. The highest BCUT2D eigenvalue weighted by Crippen LogP contribution is 2.24. The largest absolute Gasteiger partial charge is 0.508 e. The molecule has 0 aromatic heterocycles. The van der Waals surface area contributed by atoms with Crippen molar-refractivity contribution in [2.24, 2.45) is 0 Å². The van der Waals surface area contributed by atoms with E-state index in [9.17, 15) is 4.39 Å². The summed E-state index contributed by atoms with van der Waals surface area (Å²) in [6.07, 6.45) is -1.19. The summed E-state index contributed by atoms with van der Waals surface area (Å²) in [7, 11) is 0. The number of hydrogen-bond donors (Lipinski definition) is 1. The first-order chi connectivity index (χ1) is 7.66. The maximum atomic E-state index is 12.9. The molecule has 2 heteroatoms. The molecular weight excluding hydrogens is 203 g/mol. The Labute approximate surface area is 94.2 Å². The molecule has 0 bridgehead atoms. The van der Waals surface area contributed by atoms with Crippen LogP contribution in [-0.4, -0.2) is 5.11 Å². The average molecular weight is 215 g/mol. The second kappa shape index (κ2) is 4.27. The normalized spacial score (nSPS) is 12.3. The molecule has 0 aliphatic rings. The fourth-order valence-corrected chi connectivity index (χ4v) is 1.54. The number of phenols is 1. The Kier molecular flexibility index (Phi) is 2.82. The molecular formula is C14H12FO+. The smallest absolute Gasteiger partial charge is 0.258 e. The fraction of sp³-hybridized carbons (Fsp3) is 0.0714. The number of rotatable bonds is 2. The van der Waals surface area contributed by atoms with Gasteiger partial charge in [0.1, 0.15) is 12.7 Å². The van der Waals surface area contributed by atoms with Crippen LogP contribution in [0, 0.1) is 6.92 Å². The van der Waals surface area contributed by atoms with Gasteiger partial charge < -0.3 is 5.11 Å². The maximum absolute atomic E-state index is 12.9. The predicted molar refractivity (Wildman–Crippen MR) is 62.7 cm³/mol. The molecule has 2 aromatic carbocycles. The number of alkyl halides is 1. The van der Waals surface area contributed by atoms with Gasteiger partial charge in [0.05, 0.1) is 0 Å². The average Bonchev–Trinajstić information content (AvgIpc) is 2.30. The van der Waals surface area contributed by atoms with E-state index in [2.05, 4.69) is 6.92 Å². The Balaban J connectivity index is 2.31. The molecule has 16 heavy (non-hydrogen) atoms. The van der Waals surface area contributed by atoms with Crippen molar-refractivity contribution in [3.8, 4) is 16.9 Å². The van der Waals surface area contributed by atoms with Crippen molar-refractivity contribution in [1.82, 2.24) is 0 Å². The number of hydrogen-bond acceptors (Lipinski definition) is 1. The summed E-state index contributed by atoms with van der Waals surface area (Å²) in [6.45, 7) is 3.32. The summed E-state index contributed by atoms with van der Waals surface area (Å²) in [4.78, 5) is 0. The van der Waals surface area contributed by atoms with Crippen molar-refractivity contribution in [2.45, 2.75) is 6.17 Å². The van der Waals surface area contributed by atoms with Crippen LogP contribution in [0.3, 0.4) is 0 Å². The number of benzene rings is 2. The van der Waals surface area contributed by atoms with E-state index in [-0.39, 0.29) is 5.75 Å². The van der Waals surface area contributed by atoms with Gasteiger partial charge in [0.2, 0.25) is 0 Å². The summed E-state index contributed by atoms with van der Waals surface area (Å²) in [5.74, 6) is 0.238. The Bertz CT molecular complexity index is 457. The summed E-state index contributed by atoms with van der Waals surface area (Å²) >= 11 is 0. The minimum absolute atomic E-state index is 0.238. The first-order valence-electron chi connectivity index (χ1n) is 5.03. The van der Waals surface area contributed by atoms with E-state index in [1.807, 2.05) is 24.3 Å². The molecule has 0 aliphatic carbocycles. The molecule has 0 spiro atoms. The van der Waals surface area contributed by atoms with Gasteiger partial charge in [-0.25, -0.2) is 0 Å². The van der Waals surface area contributed by atoms with Crippen LogP contribution in [0.5, 0.6) is 5.75 Å². The lowest BCUT2D eigenvalue weighted by atomic mass is 10.0. The number of aromatic hydroxyl groups is 1. The molecule has 1 nitrogen and oxygen atoms in total. The van der Waals surface area contributed by atoms with E-state index < -0.39 is 6.17 Å². The second-order valence-corrected chi connectivity index (χ2v) is 3.64. The molecule has 0 aliphatic heterocycles. The number of halogens is 1. The maximum Gasteiger partial charge on any atom is 0.258 e. The topological polar surface area (TPSA) is 20.2 Å². The molecule has 2 aromatic rings. The fourth-order valence-electron chi connectivity index (χ4n) is 1.54. The van der Waals surface area contributed by atoms with Crippen LogP contribution in [0.1, 0.15) is 11.7 Å². The highest BCUT2D eigenvalue weighted by molar-refractivity contribution is 5.64. The Morgan fingerprint density at radius 3 is 1.75 bits per heavy atom. The van der Waals surface area contributed by atoms with Crippen LogP contribution in [0.4, 0.5) is 4.39 Å². The van der Waals surface area contributed by atoms with Crippen LogP contribution in [0.25, 0.3) is 11.1 Å². The molecule has 0 saturated heterocycles. The van der Waals surface area contributed by atoms with Gasteiger partial charge in [0, 0.05) is 5.56 Å². The quantitative estimate of drug-likeness (QED) is 0.753. The summed E-state index contributed by atoms with van der Waals surface area (Å²) in [5, 5.41) is 9.16. The third-order valence-electron chi connectivity index (χ3n) is 2.47. The lowest BCUT2D eigenvalue weighted by Crippen LogP contribution is -1.85. The van der Waals surface area contributed by atoms with Crippen LogP contribution in [0.15, 0.2) is 48.5 Å². The molecule has 1 unspecified atom stereocenters. The molecule has 1 atom stereocenters. The molecule has 0 radical (unpaired) electrons. The van der Waals surface area contributed by atoms with E-state index >= 15 is 0 Å². The minimum Gasteiger partial charge on any atom is -0.508 e. The summed E-state index contributed by atoms with van der Waals surface area (Å²) < 4.78 is 12.9. The van der Waals surface area contributed by atoms with Crippen LogP contribution in [-0.2, 0) is 0 Å². The lowest BCUT2D eigenvalue weighted by Gasteiger charge is -2.03. The van der Waals surface area contributed by atoms with Gasteiger partial charge in [0.25, 0.3) is 6.17 Å². The minimum atomic E-state index is -1.19. The van der Waals surface area contributed by atoms with Gasteiger partial charge in [-0.2, -0.15) is 4.39 Å². The molecule has 0 saturated carbocycles. The van der Waals surface area contributed by atoms with Gasteiger partial charge >= 0.3 is 0 Å². The highest BCUT2D eigenvalue weighted by atomic mass is 19.1. The van der Waals surface area contributed by atoms with Gasteiger partial charge in [-0.15, -0.1) is 0 Å². The van der Waals surface area contributed by atoms with Gasteiger partial charge in [-0.1, -0.05) is 36.4 Å². The summed E-state index contributed by atoms with van der Waals surface area (Å²) in [5.41, 5.74) is 2.55. The van der Waals surface area contributed by atoms with Crippen molar-refractivity contribution in [3.63, 3.8) is 0 Å². The highest BCUT2D eigenvalue weighted by Gasteiger charge is 2.08.